The molecule has 1 heterocycles. The first-order chi connectivity index (χ1) is 12.2. The molecule has 0 bridgehead atoms. The van der Waals surface area contributed by atoms with Crippen LogP contribution in [-0.4, -0.2) is 16.0 Å². The van der Waals surface area contributed by atoms with Crippen molar-refractivity contribution in [3.63, 3.8) is 0 Å². The Labute approximate surface area is 167 Å². The molecule has 0 radical (unpaired) electrons. The first kappa shape index (κ1) is 19.8. The van der Waals surface area contributed by atoms with Gasteiger partial charge in [0.2, 0.25) is 0 Å². The van der Waals surface area contributed by atoms with Gasteiger partial charge in [0.05, 0.1) is 0 Å². The molecule has 0 saturated carbocycles. The third-order valence-electron chi connectivity index (χ3n) is 6.47. The largest absolute Gasteiger partial charge is 0.508 e. The maximum absolute atomic E-state index is 11.0. The second kappa shape index (κ2) is 7.22. The first-order valence-electron chi connectivity index (χ1n) is 9.94. The smallest absolute Gasteiger partial charge is 0.127 e. The summed E-state index contributed by atoms with van der Waals surface area (Å²) in [5.41, 5.74) is 3.46. The number of hydrogen-bond donors (Lipinski definition) is 1. The molecule has 3 rings (SSSR count). The summed E-state index contributed by atoms with van der Waals surface area (Å²) in [7, 11) is 0. The third-order valence-corrected chi connectivity index (χ3v) is 7.03. The fourth-order valence-corrected chi connectivity index (χ4v) is 5.16. The van der Waals surface area contributed by atoms with Crippen molar-refractivity contribution in [3.05, 3.63) is 34.9 Å². The van der Waals surface area contributed by atoms with Crippen LogP contribution in [0.2, 0.25) is 0 Å². The molecular formula is C23H33BrO2. The Morgan fingerprint density at radius 2 is 2.00 bits per heavy atom. The van der Waals surface area contributed by atoms with Crippen LogP contribution in [0.5, 0.6) is 11.5 Å². The molecule has 0 amide bonds. The summed E-state index contributed by atoms with van der Waals surface area (Å²) >= 11 is 3.52. The molecule has 0 aromatic heterocycles. The lowest BCUT2D eigenvalue weighted by Crippen LogP contribution is -2.45. The van der Waals surface area contributed by atoms with Crippen LogP contribution >= 0.6 is 15.9 Å². The maximum Gasteiger partial charge on any atom is 0.127 e. The minimum atomic E-state index is -0.208. The fraction of sp³-hybridized carbons (Fsp3) is 0.652. The Morgan fingerprint density at radius 1 is 1.27 bits per heavy atom. The monoisotopic (exact) mass is 420 g/mol. The van der Waals surface area contributed by atoms with Crippen molar-refractivity contribution in [1.29, 1.82) is 0 Å². The van der Waals surface area contributed by atoms with Gasteiger partial charge in [-0.15, -0.1) is 0 Å². The normalized spacial score (nSPS) is 24.3. The summed E-state index contributed by atoms with van der Waals surface area (Å²) in [6.45, 7) is 11.1. The zero-order valence-corrected chi connectivity index (χ0v) is 18.4. The highest BCUT2D eigenvalue weighted by Gasteiger charge is 2.46. The van der Waals surface area contributed by atoms with E-state index in [4.69, 9.17) is 4.74 Å². The summed E-state index contributed by atoms with van der Waals surface area (Å²) in [5.74, 6) is 2.09. The van der Waals surface area contributed by atoms with E-state index in [0.29, 0.717) is 17.6 Å². The van der Waals surface area contributed by atoms with E-state index in [9.17, 15) is 5.11 Å². The Balaban J connectivity index is 1.99. The molecule has 144 valence electrons. The van der Waals surface area contributed by atoms with Gasteiger partial charge in [0.15, 0.2) is 0 Å². The van der Waals surface area contributed by atoms with E-state index >= 15 is 0 Å². The molecule has 0 spiro atoms. The van der Waals surface area contributed by atoms with Gasteiger partial charge in [-0.3, -0.25) is 0 Å². The molecule has 2 nitrogen and oxygen atoms in total. The highest BCUT2D eigenvalue weighted by atomic mass is 79.9. The van der Waals surface area contributed by atoms with Crippen LogP contribution in [0.1, 0.15) is 83.8 Å². The molecular weight excluding hydrogens is 388 g/mol. The van der Waals surface area contributed by atoms with Crippen LogP contribution in [0.25, 0.3) is 0 Å². The maximum atomic E-state index is 11.0. The van der Waals surface area contributed by atoms with Crippen molar-refractivity contribution in [1.82, 2.24) is 0 Å². The lowest BCUT2D eigenvalue weighted by atomic mass is 9.66. The van der Waals surface area contributed by atoms with Gasteiger partial charge in [-0.2, -0.15) is 0 Å². The van der Waals surface area contributed by atoms with Crippen molar-refractivity contribution in [2.24, 2.45) is 5.92 Å². The summed E-state index contributed by atoms with van der Waals surface area (Å²) in [6, 6.07) is 4.20. The van der Waals surface area contributed by atoms with Crippen LogP contribution in [0, 0.1) is 5.92 Å². The van der Waals surface area contributed by atoms with Gasteiger partial charge in [-0.25, -0.2) is 0 Å². The average Bonchev–Trinajstić information content (AvgIpc) is 2.53. The molecule has 2 atom stereocenters. The number of ether oxygens (including phenoxy) is 1. The van der Waals surface area contributed by atoms with Crippen LogP contribution in [0.4, 0.5) is 0 Å². The molecule has 3 heteroatoms. The molecule has 0 saturated heterocycles. The standard InChI is InChI=1S/C23H33BrO2/c1-15-8-9-18-17(12-15)21-19(25)13-16(14-20(21)26-23(18,4)5)22(2,3)10-6-7-11-24/h8,13-14,17-18,25H,6-7,9-12H2,1-5H3/t17-,18?/m1/s1. The minimum Gasteiger partial charge on any atom is -0.508 e. The lowest BCUT2D eigenvalue weighted by molar-refractivity contribution is 0.00741. The van der Waals surface area contributed by atoms with E-state index in [2.05, 4.69) is 62.7 Å². The van der Waals surface area contributed by atoms with Gasteiger partial charge in [-0.05, 0) is 69.6 Å². The number of benzene rings is 1. The Morgan fingerprint density at radius 3 is 2.69 bits per heavy atom. The fourth-order valence-electron chi connectivity index (χ4n) is 4.76. The van der Waals surface area contributed by atoms with Crippen LogP contribution < -0.4 is 4.74 Å². The van der Waals surface area contributed by atoms with Gasteiger partial charge < -0.3 is 9.84 Å². The number of phenolic OH excluding ortho intramolecular Hbond substituents is 1. The number of halogens is 1. The Kier molecular flexibility index (Phi) is 5.50. The number of alkyl halides is 1. The molecule has 1 unspecified atom stereocenters. The van der Waals surface area contributed by atoms with E-state index in [0.717, 1.165) is 35.9 Å². The van der Waals surface area contributed by atoms with Gasteiger partial charge in [0, 0.05) is 22.7 Å². The van der Waals surface area contributed by atoms with Crippen molar-refractivity contribution in [3.8, 4) is 11.5 Å². The quantitative estimate of drug-likeness (QED) is 0.320. The molecule has 0 fully saturated rings. The number of fused-ring (bicyclic) bond motifs is 3. The summed E-state index contributed by atoms with van der Waals surface area (Å²) in [4.78, 5) is 0. The molecule has 2 aliphatic rings. The van der Waals surface area contributed by atoms with Crippen LogP contribution in [0.3, 0.4) is 0 Å². The molecule has 26 heavy (non-hydrogen) atoms. The Bertz CT molecular complexity index is 702. The van der Waals surface area contributed by atoms with E-state index in [1.807, 2.05) is 6.07 Å². The highest BCUT2D eigenvalue weighted by Crippen LogP contribution is 2.54. The lowest BCUT2D eigenvalue weighted by Gasteiger charge is -2.47. The highest BCUT2D eigenvalue weighted by molar-refractivity contribution is 9.09. The number of phenols is 1. The van der Waals surface area contributed by atoms with Crippen molar-refractivity contribution in [2.75, 3.05) is 5.33 Å². The number of allylic oxidation sites excluding steroid dienone is 2. The number of unbranched alkanes of at least 4 members (excludes halogenated alkanes) is 1. The van der Waals surface area contributed by atoms with Gasteiger partial charge >= 0.3 is 0 Å². The number of rotatable bonds is 5. The predicted octanol–water partition coefficient (Wildman–Crippen LogP) is 6.85. The minimum absolute atomic E-state index is 0.0292. The SMILES string of the molecule is CC1=CCC2[C@@H](C1)c1c(O)cc(C(C)(C)CCCCBr)cc1OC2(C)C. The summed E-state index contributed by atoms with van der Waals surface area (Å²) in [6.07, 6.45) is 7.86. The van der Waals surface area contributed by atoms with Crippen molar-refractivity contribution in [2.45, 2.75) is 83.7 Å². The average molecular weight is 421 g/mol. The zero-order valence-electron chi connectivity index (χ0n) is 16.9. The van der Waals surface area contributed by atoms with E-state index in [-0.39, 0.29) is 11.0 Å². The van der Waals surface area contributed by atoms with Gasteiger partial charge in [0.1, 0.15) is 17.1 Å². The Hall–Kier alpha value is -0.960. The van der Waals surface area contributed by atoms with E-state index in [1.54, 1.807) is 0 Å². The van der Waals surface area contributed by atoms with E-state index < -0.39 is 0 Å². The number of hydrogen-bond acceptors (Lipinski definition) is 2. The summed E-state index contributed by atoms with van der Waals surface area (Å²) in [5, 5.41) is 12.0. The second-order valence-electron chi connectivity index (χ2n) is 9.35. The third kappa shape index (κ3) is 3.69. The molecule has 1 aromatic carbocycles. The van der Waals surface area contributed by atoms with Crippen molar-refractivity contribution >= 4 is 15.9 Å². The zero-order chi connectivity index (χ0) is 19.1. The molecule has 1 N–H and O–H groups in total. The molecule has 1 aliphatic carbocycles. The van der Waals surface area contributed by atoms with Crippen molar-refractivity contribution < 1.29 is 9.84 Å². The topological polar surface area (TPSA) is 29.5 Å². The van der Waals surface area contributed by atoms with Gasteiger partial charge in [0.25, 0.3) is 0 Å². The number of aromatic hydroxyl groups is 1. The molecule has 1 aromatic rings. The summed E-state index contributed by atoms with van der Waals surface area (Å²) < 4.78 is 6.47. The molecule has 1 aliphatic heterocycles. The first-order valence-corrected chi connectivity index (χ1v) is 11.1. The van der Waals surface area contributed by atoms with Gasteiger partial charge in [-0.1, -0.05) is 47.8 Å². The van der Waals surface area contributed by atoms with E-state index in [1.165, 1.54) is 24.0 Å². The van der Waals surface area contributed by atoms with Crippen LogP contribution in [0.15, 0.2) is 23.8 Å². The predicted molar refractivity (Wildman–Crippen MR) is 113 cm³/mol. The second-order valence-corrected chi connectivity index (χ2v) is 10.1. The van der Waals surface area contributed by atoms with Crippen LogP contribution in [-0.2, 0) is 5.41 Å².